The van der Waals surface area contributed by atoms with Crippen LogP contribution in [0.1, 0.15) is 31.2 Å². The van der Waals surface area contributed by atoms with Crippen LogP contribution in [0.4, 0.5) is 0 Å². The van der Waals surface area contributed by atoms with Gasteiger partial charge in [-0.25, -0.2) is 4.79 Å². The van der Waals surface area contributed by atoms with Gasteiger partial charge in [-0.1, -0.05) is 36.4 Å². The second kappa shape index (κ2) is 5.14. The van der Waals surface area contributed by atoms with Gasteiger partial charge in [-0.3, -0.25) is 4.79 Å². The molecule has 0 bridgehead atoms. The molecule has 0 aliphatic heterocycles. The van der Waals surface area contributed by atoms with Crippen LogP contribution in [0.5, 0.6) is 0 Å². The molecule has 0 amide bonds. The Balaban J connectivity index is 2.32. The first-order valence-corrected chi connectivity index (χ1v) is 7.32. The standard InChI is InChI=1S/C17H12O3S/c1-10-14(16(18)13-8-5-9-21-13)11-6-3-2-4-7-12(11)15(10)17(19)20/h2-9H,1H3,(H,19,20). The summed E-state index contributed by atoms with van der Waals surface area (Å²) in [6.07, 6.45) is 0. The maximum absolute atomic E-state index is 12.7. The van der Waals surface area contributed by atoms with E-state index in [1.807, 2.05) is 23.6 Å². The molecular formula is C17H12O3S. The van der Waals surface area contributed by atoms with Crippen LogP contribution in [0.15, 0.2) is 47.8 Å². The summed E-state index contributed by atoms with van der Waals surface area (Å²) < 4.78 is 0. The number of hydrogen-bond donors (Lipinski definition) is 1. The number of carbonyl (C=O) groups excluding carboxylic acids is 1. The molecule has 0 aromatic carbocycles. The predicted molar refractivity (Wildman–Crippen MR) is 82.5 cm³/mol. The van der Waals surface area contributed by atoms with Crippen LogP contribution in [0.25, 0.3) is 11.1 Å². The number of rotatable bonds is 3. The number of fused-ring (bicyclic) bond motifs is 1. The minimum absolute atomic E-state index is 0.119. The Morgan fingerprint density at radius 1 is 0.952 bits per heavy atom. The zero-order chi connectivity index (χ0) is 15.0. The second-order valence-electron chi connectivity index (χ2n) is 4.72. The number of thiophene rings is 1. The molecule has 3 rings (SSSR count). The Morgan fingerprint density at radius 3 is 2.19 bits per heavy atom. The maximum atomic E-state index is 12.7. The summed E-state index contributed by atoms with van der Waals surface area (Å²) in [5.41, 5.74) is 2.52. The van der Waals surface area contributed by atoms with E-state index in [0.29, 0.717) is 27.1 Å². The third kappa shape index (κ3) is 2.14. The number of carboxylic acid groups (broad SMARTS) is 1. The summed E-state index contributed by atoms with van der Waals surface area (Å²) in [6, 6.07) is 12.5. The first-order chi connectivity index (χ1) is 10.1. The highest BCUT2D eigenvalue weighted by molar-refractivity contribution is 7.12. The SMILES string of the molecule is Cc1c(C(=O)O)c2cccccc-2c1C(=O)c1cccs1. The summed E-state index contributed by atoms with van der Waals surface area (Å²) in [4.78, 5) is 24.9. The average molecular weight is 296 g/mol. The molecule has 4 heteroatoms. The minimum atomic E-state index is -1.01. The van der Waals surface area contributed by atoms with Crippen LogP contribution in [0.3, 0.4) is 0 Å². The average Bonchev–Trinajstić information content (AvgIpc) is 2.99. The molecule has 1 heterocycles. The van der Waals surface area contributed by atoms with Gasteiger partial charge in [0, 0.05) is 5.56 Å². The lowest BCUT2D eigenvalue weighted by atomic mass is 10.0. The zero-order valence-electron chi connectivity index (χ0n) is 11.3. The van der Waals surface area contributed by atoms with Crippen molar-refractivity contribution in [3.8, 4) is 11.1 Å². The molecule has 1 N–H and O–H groups in total. The van der Waals surface area contributed by atoms with Crippen molar-refractivity contribution in [1.29, 1.82) is 0 Å². The van der Waals surface area contributed by atoms with Crippen molar-refractivity contribution in [1.82, 2.24) is 0 Å². The lowest BCUT2D eigenvalue weighted by Gasteiger charge is -2.00. The van der Waals surface area contributed by atoms with E-state index in [1.54, 1.807) is 31.2 Å². The van der Waals surface area contributed by atoms with E-state index in [4.69, 9.17) is 0 Å². The van der Waals surface area contributed by atoms with Crippen molar-refractivity contribution in [2.24, 2.45) is 0 Å². The van der Waals surface area contributed by atoms with Crippen molar-refractivity contribution < 1.29 is 14.7 Å². The normalized spacial score (nSPS) is 10.7. The Kier molecular flexibility index (Phi) is 3.31. The molecule has 0 saturated heterocycles. The van der Waals surface area contributed by atoms with Gasteiger partial charge < -0.3 is 5.11 Å². The third-order valence-corrected chi connectivity index (χ3v) is 4.38. The van der Waals surface area contributed by atoms with Gasteiger partial charge in [0.25, 0.3) is 0 Å². The smallest absolute Gasteiger partial charge is 0.336 e. The van der Waals surface area contributed by atoms with Gasteiger partial charge in [-0.2, -0.15) is 0 Å². The number of carbonyl (C=O) groups is 2. The Hall–Kier alpha value is -2.46. The fourth-order valence-electron chi connectivity index (χ4n) is 2.61. The molecule has 2 aliphatic carbocycles. The summed E-state index contributed by atoms with van der Waals surface area (Å²) >= 11 is 1.36. The molecule has 1 aromatic heterocycles. The van der Waals surface area contributed by atoms with Crippen LogP contribution in [-0.4, -0.2) is 16.9 Å². The Bertz CT molecular complexity index is 803. The molecule has 0 saturated carbocycles. The molecule has 0 radical (unpaired) electrons. The van der Waals surface area contributed by atoms with Crippen LogP contribution >= 0.6 is 11.3 Å². The summed E-state index contributed by atoms with van der Waals surface area (Å²) in [5, 5.41) is 11.3. The highest BCUT2D eigenvalue weighted by Gasteiger charge is 2.28. The van der Waals surface area contributed by atoms with Crippen molar-refractivity contribution in [3.05, 3.63) is 69.4 Å². The van der Waals surface area contributed by atoms with E-state index in [0.717, 1.165) is 0 Å². The fraction of sp³-hybridized carbons (Fsp3) is 0.0588. The Labute approximate surface area is 125 Å². The molecule has 0 spiro atoms. The van der Waals surface area contributed by atoms with E-state index in [1.165, 1.54) is 11.3 Å². The summed E-state index contributed by atoms with van der Waals surface area (Å²) in [6.45, 7) is 1.70. The predicted octanol–water partition coefficient (Wildman–Crippen LogP) is 4.09. The highest BCUT2D eigenvalue weighted by Crippen LogP contribution is 2.37. The number of hydrogen-bond acceptors (Lipinski definition) is 3. The zero-order valence-corrected chi connectivity index (χ0v) is 12.1. The van der Waals surface area contributed by atoms with E-state index in [-0.39, 0.29) is 11.3 Å². The van der Waals surface area contributed by atoms with Crippen LogP contribution in [-0.2, 0) is 0 Å². The number of ketones is 1. The van der Waals surface area contributed by atoms with Gasteiger partial charge in [-0.15, -0.1) is 11.3 Å². The van der Waals surface area contributed by atoms with Crippen LogP contribution < -0.4 is 0 Å². The minimum Gasteiger partial charge on any atom is -0.478 e. The van der Waals surface area contributed by atoms with Gasteiger partial charge in [-0.05, 0) is 35.1 Å². The summed E-state index contributed by atoms with van der Waals surface area (Å²) in [5.74, 6) is -1.12. The molecule has 0 atom stereocenters. The van der Waals surface area contributed by atoms with E-state index in [2.05, 4.69) is 0 Å². The monoisotopic (exact) mass is 296 g/mol. The molecule has 104 valence electrons. The van der Waals surface area contributed by atoms with Crippen LogP contribution in [0.2, 0.25) is 0 Å². The molecular weight excluding hydrogens is 284 g/mol. The fourth-order valence-corrected chi connectivity index (χ4v) is 3.28. The van der Waals surface area contributed by atoms with Crippen molar-refractivity contribution in [2.45, 2.75) is 6.92 Å². The van der Waals surface area contributed by atoms with E-state index >= 15 is 0 Å². The lowest BCUT2D eigenvalue weighted by Crippen LogP contribution is -2.02. The molecule has 1 aromatic rings. The maximum Gasteiger partial charge on any atom is 0.336 e. The van der Waals surface area contributed by atoms with Crippen molar-refractivity contribution >= 4 is 23.1 Å². The molecule has 0 fully saturated rings. The Morgan fingerprint density at radius 2 is 1.62 bits per heavy atom. The lowest BCUT2D eigenvalue weighted by molar-refractivity contribution is 0.0697. The van der Waals surface area contributed by atoms with E-state index < -0.39 is 5.97 Å². The van der Waals surface area contributed by atoms with Crippen LogP contribution in [0, 0.1) is 6.92 Å². The van der Waals surface area contributed by atoms with Gasteiger partial charge >= 0.3 is 5.97 Å². The first kappa shape index (κ1) is 13.5. The molecule has 2 aliphatic rings. The van der Waals surface area contributed by atoms with Crippen molar-refractivity contribution in [3.63, 3.8) is 0 Å². The largest absolute Gasteiger partial charge is 0.478 e. The third-order valence-electron chi connectivity index (χ3n) is 3.51. The van der Waals surface area contributed by atoms with E-state index in [9.17, 15) is 14.7 Å². The molecule has 3 nitrogen and oxygen atoms in total. The summed E-state index contributed by atoms with van der Waals surface area (Å²) in [7, 11) is 0. The second-order valence-corrected chi connectivity index (χ2v) is 5.67. The molecule has 0 unspecified atom stereocenters. The highest BCUT2D eigenvalue weighted by atomic mass is 32.1. The first-order valence-electron chi connectivity index (χ1n) is 6.44. The number of carboxylic acids is 1. The van der Waals surface area contributed by atoms with Gasteiger partial charge in [0.2, 0.25) is 5.78 Å². The molecule has 21 heavy (non-hydrogen) atoms. The number of aromatic carboxylic acids is 1. The van der Waals surface area contributed by atoms with Gasteiger partial charge in [0.05, 0.1) is 10.4 Å². The van der Waals surface area contributed by atoms with Gasteiger partial charge in [0.15, 0.2) is 0 Å². The van der Waals surface area contributed by atoms with Gasteiger partial charge in [0.1, 0.15) is 0 Å². The van der Waals surface area contributed by atoms with Crippen molar-refractivity contribution in [2.75, 3.05) is 0 Å². The topological polar surface area (TPSA) is 54.4 Å². The quantitative estimate of drug-likeness (QED) is 0.741.